The minimum Gasteiger partial charge on any atom is -0.478 e. The van der Waals surface area contributed by atoms with Crippen molar-refractivity contribution in [1.82, 2.24) is 4.90 Å². The fourth-order valence-electron chi connectivity index (χ4n) is 1.61. The number of carboxylic acids is 1. The van der Waals surface area contributed by atoms with Crippen LogP contribution in [0.3, 0.4) is 0 Å². The Morgan fingerprint density at radius 1 is 1.50 bits per heavy atom. The van der Waals surface area contributed by atoms with Crippen molar-refractivity contribution in [3.63, 3.8) is 0 Å². The van der Waals surface area contributed by atoms with Crippen molar-refractivity contribution in [2.45, 2.75) is 19.9 Å². The average Bonchev–Trinajstić information content (AvgIpc) is 2.21. The summed E-state index contributed by atoms with van der Waals surface area (Å²) >= 11 is 0. The predicted octanol–water partition coefficient (Wildman–Crippen LogP) is 2.37. The minimum atomic E-state index is -1.22. The summed E-state index contributed by atoms with van der Waals surface area (Å²) < 4.78 is 13.1. The molecule has 1 aromatic carbocycles. The Labute approximate surface area is 94.5 Å². The van der Waals surface area contributed by atoms with Crippen molar-refractivity contribution in [1.29, 1.82) is 0 Å². The van der Waals surface area contributed by atoms with E-state index in [0.717, 1.165) is 18.5 Å². The highest BCUT2D eigenvalue weighted by molar-refractivity contribution is 5.88. The maximum atomic E-state index is 13.1. The van der Waals surface area contributed by atoms with Crippen LogP contribution in [0.1, 0.15) is 29.3 Å². The minimum absolute atomic E-state index is 0.262. The zero-order valence-corrected chi connectivity index (χ0v) is 9.53. The van der Waals surface area contributed by atoms with Gasteiger partial charge in [0, 0.05) is 6.54 Å². The number of rotatable bonds is 5. The van der Waals surface area contributed by atoms with Crippen LogP contribution in [0.2, 0.25) is 0 Å². The fraction of sp³-hybridized carbons (Fsp3) is 0.417. The molecule has 0 radical (unpaired) electrons. The van der Waals surface area contributed by atoms with Gasteiger partial charge in [-0.1, -0.05) is 13.0 Å². The molecule has 0 atom stereocenters. The van der Waals surface area contributed by atoms with Crippen molar-refractivity contribution in [3.05, 3.63) is 35.1 Å². The van der Waals surface area contributed by atoms with Gasteiger partial charge in [-0.25, -0.2) is 9.18 Å². The van der Waals surface area contributed by atoms with Gasteiger partial charge in [0.2, 0.25) is 0 Å². The molecule has 88 valence electrons. The molecule has 0 amide bonds. The van der Waals surface area contributed by atoms with Crippen LogP contribution < -0.4 is 0 Å². The first-order valence-electron chi connectivity index (χ1n) is 5.25. The SMILES string of the molecule is CCCN(C)Cc1ccc(F)c(C(=O)O)c1. The summed E-state index contributed by atoms with van der Waals surface area (Å²) in [4.78, 5) is 12.8. The highest BCUT2D eigenvalue weighted by Crippen LogP contribution is 2.12. The molecule has 0 aliphatic carbocycles. The standard InChI is InChI=1S/C12H16FNO2/c1-3-6-14(2)8-9-4-5-11(13)10(7-9)12(15)16/h4-5,7H,3,6,8H2,1-2H3,(H,15,16). The van der Waals surface area contributed by atoms with E-state index < -0.39 is 11.8 Å². The zero-order valence-electron chi connectivity index (χ0n) is 9.53. The number of carboxylic acid groups (broad SMARTS) is 1. The fourth-order valence-corrected chi connectivity index (χ4v) is 1.61. The molecule has 3 nitrogen and oxygen atoms in total. The lowest BCUT2D eigenvalue weighted by Gasteiger charge is -2.15. The Kier molecular flexibility index (Phi) is 4.43. The van der Waals surface area contributed by atoms with Crippen molar-refractivity contribution in [2.24, 2.45) is 0 Å². The van der Waals surface area contributed by atoms with Crippen molar-refractivity contribution in [3.8, 4) is 0 Å². The van der Waals surface area contributed by atoms with Crippen LogP contribution in [-0.4, -0.2) is 29.6 Å². The van der Waals surface area contributed by atoms with E-state index in [4.69, 9.17) is 5.11 Å². The molecule has 0 aliphatic heterocycles. The maximum Gasteiger partial charge on any atom is 0.338 e. The Morgan fingerprint density at radius 3 is 2.75 bits per heavy atom. The highest BCUT2D eigenvalue weighted by Gasteiger charge is 2.11. The molecule has 0 saturated heterocycles. The molecule has 0 unspecified atom stereocenters. The van der Waals surface area contributed by atoms with Crippen LogP contribution in [0.5, 0.6) is 0 Å². The molecule has 0 bridgehead atoms. The van der Waals surface area contributed by atoms with Crippen LogP contribution in [0.4, 0.5) is 4.39 Å². The number of aromatic carboxylic acids is 1. The third kappa shape index (κ3) is 3.31. The Hall–Kier alpha value is -1.42. The van der Waals surface area contributed by atoms with Gasteiger partial charge in [0.1, 0.15) is 5.82 Å². The van der Waals surface area contributed by atoms with Gasteiger partial charge in [-0.2, -0.15) is 0 Å². The van der Waals surface area contributed by atoms with E-state index in [2.05, 4.69) is 11.8 Å². The van der Waals surface area contributed by atoms with Crippen LogP contribution in [0, 0.1) is 5.82 Å². The van der Waals surface area contributed by atoms with Crippen molar-refractivity contribution in [2.75, 3.05) is 13.6 Å². The monoisotopic (exact) mass is 225 g/mol. The van der Waals surface area contributed by atoms with Crippen molar-refractivity contribution >= 4 is 5.97 Å². The van der Waals surface area contributed by atoms with Crippen LogP contribution in [0.25, 0.3) is 0 Å². The van der Waals surface area contributed by atoms with E-state index in [-0.39, 0.29) is 5.56 Å². The number of carbonyl (C=O) groups is 1. The van der Waals surface area contributed by atoms with Crippen molar-refractivity contribution < 1.29 is 14.3 Å². The number of benzene rings is 1. The van der Waals surface area contributed by atoms with Crippen LogP contribution >= 0.6 is 0 Å². The van der Waals surface area contributed by atoms with Gasteiger partial charge in [0.05, 0.1) is 5.56 Å². The molecule has 0 aliphatic rings. The molecule has 4 heteroatoms. The van der Waals surface area contributed by atoms with Gasteiger partial charge in [-0.05, 0) is 37.7 Å². The Bertz CT molecular complexity index is 379. The van der Waals surface area contributed by atoms with Gasteiger partial charge in [-0.3, -0.25) is 0 Å². The lowest BCUT2D eigenvalue weighted by molar-refractivity contribution is 0.0691. The lowest BCUT2D eigenvalue weighted by atomic mass is 10.1. The zero-order chi connectivity index (χ0) is 12.1. The van der Waals surface area contributed by atoms with Gasteiger partial charge in [0.25, 0.3) is 0 Å². The summed E-state index contributed by atoms with van der Waals surface area (Å²) in [5.74, 6) is -1.91. The first kappa shape index (κ1) is 12.6. The third-order valence-corrected chi connectivity index (χ3v) is 2.32. The predicted molar refractivity (Wildman–Crippen MR) is 60.0 cm³/mol. The van der Waals surface area contributed by atoms with Crippen LogP contribution in [-0.2, 0) is 6.54 Å². The highest BCUT2D eigenvalue weighted by atomic mass is 19.1. The van der Waals surface area contributed by atoms with E-state index in [0.29, 0.717) is 6.54 Å². The third-order valence-electron chi connectivity index (χ3n) is 2.32. The first-order chi connectivity index (χ1) is 7.54. The maximum absolute atomic E-state index is 13.1. The van der Waals surface area contributed by atoms with Gasteiger partial charge in [0.15, 0.2) is 0 Å². The topological polar surface area (TPSA) is 40.5 Å². The lowest BCUT2D eigenvalue weighted by Crippen LogP contribution is -2.18. The van der Waals surface area contributed by atoms with Gasteiger partial charge in [-0.15, -0.1) is 0 Å². The molecule has 0 fully saturated rings. The van der Waals surface area contributed by atoms with Crippen LogP contribution in [0.15, 0.2) is 18.2 Å². The number of nitrogens with zero attached hydrogens (tertiary/aromatic N) is 1. The largest absolute Gasteiger partial charge is 0.478 e. The van der Waals surface area contributed by atoms with Gasteiger partial charge >= 0.3 is 5.97 Å². The quantitative estimate of drug-likeness (QED) is 0.836. The summed E-state index contributed by atoms with van der Waals surface area (Å²) in [5.41, 5.74) is 0.553. The number of halogens is 1. The summed E-state index contributed by atoms with van der Waals surface area (Å²) in [6, 6.07) is 4.22. The average molecular weight is 225 g/mol. The van der Waals surface area contributed by atoms with E-state index in [1.807, 2.05) is 7.05 Å². The van der Waals surface area contributed by atoms with Gasteiger partial charge < -0.3 is 10.0 Å². The molecule has 0 spiro atoms. The molecule has 0 heterocycles. The molecule has 0 saturated carbocycles. The molecule has 0 aromatic heterocycles. The number of hydrogen-bond acceptors (Lipinski definition) is 2. The second-order valence-electron chi connectivity index (χ2n) is 3.86. The molecular formula is C12H16FNO2. The molecule has 1 aromatic rings. The van der Waals surface area contributed by atoms with E-state index in [1.165, 1.54) is 12.1 Å². The normalized spacial score (nSPS) is 10.8. The number of hydrogen-bond donors (Lipinski definition) is 1. The second kappa shape index (κ2) is 5.61. The Balaban J connectivity index is 2.82. The molecule has 1 N–H and O–H groups in total. The first-order valence-corrected chi connectivity index (χ1v) is 5.25. The smallest absolute Gasteiger partial charge is 0.338 e. The summed E-state index contributed by atoms with van der Waals surface area (Å²) in [5, 5.41) is 8.77. The van der Waals surface area contributed by atoms with E-state index in [9.17, 15) is 9.18 Å². The molecular weight excluding hydrogens is 209 g/mol. The summed E-state index contributed by atoms with van der Waals surface area (Å²) in [6.07, 6.45) is 1.03. The van der Waals surface area contributed by atoms with E-state index >= 15 is 0 Å². The second-order valence-corrected chi connectivity index (χ2v) is 3.86. The molecule has 16 heavy (non-hydrogen) atoms. The van der Waals surface area contributed by atoms with E-state index in [1.54, 1.807) is 6.07 Å². The summed E-state index contributed by atoms with van der Waals surface area (Å²) in [6.45, 7) is 3.64. The Morgan fingerprint density at radius 2 is 2.19 bits per heavy atom. The molecule has 1 rings (SSSR count). The summed E-state index contributed by atoms with van der Waals surface area (Å²) in [7, 11) is 1.95.